The summed E-state index contributed by atoms with van der Waals surface area (Å²) >= 11 is 5.75. The van der Waals surface area contributed by atoms with Crippen LogP contribution in [0.5, 0.6) is 0 Å². The molecule has 1 aromatic heterocycles. The molecule has 6 heteroatoms. The van der Waals surface area contributed by atoms with Crippen molar-refractivity contribution in [2.24, 2.45) is 5.41 Å². The highest BCUT2D eigenvalue weighted by atomic mass is 35.5. The predicted octanol–water partition coefficient (Wildman–Crippen LogP) is 1.94. The number of hydrogen-bond donors (Lipinski definition) is 2. The second-order valence-corrected chi connectivity index (χ2v) is 5.26. The van der Waals surface area contributed by atoms with E-state index in [1.54, 1.807) is 7.11 Å². The van der Waals surface area contributed by atoms with E-state index in [2.05, 4.69) is 29.1 Å². The van der Waals surface area contributed by atoms with Crippen LogP contribution in [0.4, 0.5) is 11.5 Å². The molecule has 2 rings (SSSR count). The summed E-state index contributed by atoms with van der Waals surface area (Å²) in [5, 5.41) is 3.50. The maximum Gasteiger partial charge on any atom is 0.224 e. The number of nitrogens with two attached hydrogens (primary N) is 1. The van der Waals surface area contributed by atoms with Gasteiger partial charge < -0.3 is 15.8 Å². The molecule has 17 heavy (non-hydrogen) atoms. The Morgan fingerprint density at radius 2 is 2.29 bits per heavy atom. The summed E-state index contributed by atoms with van der Waals surface area (Å²) < 4.78 is 5.39. The Balaban J connectivity index is 2.10. The molecule has 1 fully saturated rings. The van der Waals surface area contributed by atoms with Crippen LogP contribution in [-0.4, -0.2) is 29.2 Å². The van der Waals surface area contributed by atoms with Crippen molar-refractivity contribution in [2.75, 3.05) is 18.2 Å². The van der Waals surface area contributed by atoms with Crippen LogP contribution in [0.3, 0.4) is 0 Å². The zero-order valence-corrected chi connectivity index (χ0v) is 11.0. The van der Waals surface area contributed by atoms with Crippen molar-refractivity contribution < 1.29 is 4.74 Å². The Hall–Kier alpha value is -1.07. The summed E-state index contributed by atoms with van der Waals surface area (Å²) in [6.45, 7) is 4.31. The van der Waals surface area contributed by atoms with Crippen LogP contribution in [-0.2, 0) is 4.74 Å². The van der Waals surface area contributed by atoms with Gasteiger partial charge in [-0.25, -0.2) is 4.98 Å². The van der Waals surface area contributed by atoms with E-state index in [-0.39, 0.29) is 22.8 Å². The zero-order valence-electron chi connectivity index (χ0n) is 10.2. The molecule has 0 spiro atoms. The van der Waals surface area contributed by atoms with Crippen molar-refractivity contribution in [2.45, 2.75) is 32.4 Å². The summed E-state index contributed by atoms with van der Waals surface area (Å²) in [7, 11) is 1.73. The van der Waals surface area contributed by atoms with Crippen LogP contribution in [0.2, 0.25) is 5.28 Å². The van der Waals surface area contributed by atoms with Crippen LogP contribution in [0, 0.1) is 5.41 Å². The summed E-state index contributed by atoms with van der Waals surface area (Å²) in [5.74, 6) is 0.595. The Morgan fingerprint density at radius 1 is 1.59 bits per heavy atom. The van der Waals surface area contributed by atoms with Crippen molar-refractivity contribution >= 4 is 23.1 Å². The van der Waals surface area contributed by atoms with E-state index in [4.69, 9.17) is 22.1 Å². The first-order valence-corrected chi connectivity index (χ1v) is 5.90. The topological polar surface area (TPSA) is 73.1 Å². The second-order valence-electron chi connectivity index (χ2n) is 4.92. The lowest BCUT2D eigenvalue weighted by Crippen LogP contribution is -2.57. The number of ether oxygens (including phenoxy) is 1. The van der Waals surface area contributed by atoms with E-state index in [0.717, 1.165) is 6.42 Å². The molecule has 1 aliphatic rings. The van der Waals surface area contributed by atoms with Gasteiger partial charge >= 0.3 is 0 Å². The van der Waals surface area contributed by atoms with Crippen LogP contribution in [0.15, 0.2) is 6.20 Å². The number of aromatic nitrogens is 2. The van der Waals surface area contributed by atoms with Crippen molar-refractivity contribution in [3.63, 3.8) is 0 Å². The molecular formula is C11H17ClN4O. The fourth-order valence-electron chi connectivity index (χ4n) is 2.18. The number of nitrogens with one attached hydrogen (secondary N) is 1. The minimum atomic E-state index is 0.0542. The van der Waals surface area contributed by atoms with Gasteiger partial charge in [0.25, 0.3) is 0 Å². The average Bonchev–Trinajstić information content (AvgIpc) is 2.28. The first kappa shape index (κ1) is 12.4. The molecule has 1 aromatic rings. The molecule has 1 saturated carbocycles. The number of nitrogens with zero attached hydrogens (tertiary/aromatic N) is 2. The summed E-state index contributed by atoms with van der Waals surface area (Å²) in [4.78, 5) is 7.91. The number of anilines is 2. The summed E-state index contributed by atoms with van der Waals surface area (Å²) in [6, 6.07) is 0.278. The molecule has 0 aromatic carbocycles. The third-order valence-electron chi connectivity index (χ3n) is 3.56. The van der Waals surface area contributed by atoms with Gasteiger partial charge in [0.15, 0.2) is 5.82 Å². The van der Waals surface area contributed by atoms with Gasteiger partial charge in [-0.3, -0.25) is 0 Å². The number of hydrogen-bond acceptors (Lipinski definition) is 5. The Bertz CT molecular complexity index is 424. The highest BCUT2D eigenvalue weighted by Crippen LogP contribution is 2.44. The lowest BCUT2D eigenvalue weighted by Gasteiger charge is -2.51. The first-order valence-electron chi connectivity index (χ1n) is 5.52. The summed E-state index contributed by atoms with van der Waals surface area (Å²) in [6.07, 6.45) is 2.71. The van der Waals surface area contributed by atoms with Crippen molar-refractivity contribution in [3.05, 3.63) is 11.5 Å². The number of nitrogen functional groups attached to an aromatic ring is 1. The predicted molar refractivity (Wildman–Crippen MR) is 68.1 cm³/mol. The van der Waals surface area contributed by atoms with Crippen molar-refractivity contribution in [3.8, 4) is 0 Å². The normalized spacial score (nSPS) is 26.4. The van der Waals surface area contributed by atoms with E-state index in [0.29, 0.717) is 11.5 Å². The molecular weight excluding hydrogens is 240 g/mol. The molecule has 2 unspecified atom stereocenters. The molecule has 94 valence electrons. The minimum absolute atomic E-state index is 0.0542. The maximum absolute atomic E-state index is 5.79. The minimum Gasteiger partial charge on any atom is -0.394 e. The molecule has 3 N–H and O–H groups in total. The highest BCUT2D eigenvalue weighted by Gasteiger charge is 2.48. The van der Waals surface area contributed by atoms with E-state index in [9.17, 15) is 0 Å². The molecule has 0 bridgehead atoms. The Kier molecular flexibility index (Phi) is 3.14. The summed E-state index contributed by atoms with van der Waals surface area (Å²) in [5.41, 5.74) is 6.35. The van der Waals surface area contributed by atoms with E-state index < -0.39 is 0 Å². The maximum atomic E-state index is 5.79. The second kappa shape index (κ2) is 4.31. The fraction of sp³-hybridized carbons (Fsp3) is 0.636. The number of methoxy groups -OCH3 is 1. The lowest BCUT2D eigenvalue weighted by atomic mass is 9.64. The SMILES string of the molecule is COC1CC(Nc2nc(Cl)ncc2N)C1(C)C. The van der Waals surface area contributed by atoms with Crippen molar-refractivity contribution in [1.82, 2.24) is 9.97 Å². The smallest absolute Gasteiger partial charge is 0.224 e. The molecule has 2 atom stereocenters. The van der Waals surface area contributed by atoms with Crippen LogP contribution >= 0.6 is 11.6 Å². The van der Waals surface area contributed by atoms with Crippen LogP contribution in [0.1, 0.15) is 20.3 Å². The van der Waals surface area contributed by atoms with Crippen molar-refractivity contribution in [1.29, 1.82) is 0 Å². The van der Waals surface area contributed by atoms with Gasteiger partial charge in [0, 0.05) is 18.6 Å². The highest BCUT2D eigenvalue weighted by molar-refractivity contribution is 6.28. The van der Waals surface area contributed by atoms with E-state index >= 15 is 0 Å². The lowest BCUT2D eigenvalue weighted by molar-refractivity contribution is -0.0795. The van der Waals surface area contributed by atoms with Gasteiger partial charge in [-0.15, -0.1) is 0 Å². The molecule has 5 nitrogen and oxygen atoms in total. The van der Waals surface area contributed by atoms with Gasteiger partial charge in [-0.2, -0.15) is 4.98 Å². The monoisotopic (exact) mass is 256 g/mol. The standard InChI is InChI=1S/C11H17ClN4O/c1-11(2)7(4-8(11)17-3)15-9-6(13)5-14-10(12)16-9/h5,7-8H,4,13H2,1-3H3,(H,14,15,16). The van der Waals surface area contributed by atoms with E-state index in [1.165, 1.54) is 6.20 Å². The molecule has 1 aliphatic carbocycles. The molecule has 0 amide bonds. The van der Waals surface area contributed by atoms with Gasteiger partial charge in [-0.1, -0.05) is 13.8 Å². The Morgan fingerprint density at radius 3 is 2.88 bits per heavy atom. The van der Waals surface area contributed by atoms with E-state index in [1.807, 2.05) is 0 Å². The third kappa shape index (κ3) is 2.17. The molecule has 0 saturated heterocycles. The number of halogens is 1. The zero-order chi connectivity index (χ0) is 12.6. The Labute approximate surface area is 106 Å². The van der Waals surface area contributed by atoms with Gasteiger partial charge in [0.2, 0.25) is 5.28 Å². The van der Waals surface area contributed by atoms with Gasteiger partial charge in [-0.05, 0) is 18.0 Å². The largest absolute Gasteiger partial charge is 0.394 e. The molecule has 0 radical (unpaired) electrons. The van der Waals surface area contributed by atoms with Gasteiger partial charge in [0.05, 0.1) is 18.0 Å². The molecule has 0 aliphatic heterocycles. The van der Waals surface area contributed by atoms with Gasteiger partial charge in [0.1, 0.15) is 0 Å². The van der Waals surface area contributed by atoms with Crippen LogP contribution < -0.4 is 11.1 Å². The fourth-order valence-corrected chi connectivity index (χ4v) is 2.31. The third-order valence-corrected chi connectivity index (χ3v) is 3.74. The number of rotatable bonds is 3. The van der Waals surface area contributed by atoms with Crippen LogP contribution in [0.25, 0.3) is 0 Å². The molecule has 1 heterocycles. The quantitative estimate of drug-likeness (QED) is 0.809. The first-order chi connectivity index (χ1) is 7.95. The average molecular weight is 257 g/mol.